The van der Waals surface area contributed by atoms with Crippen LogP contribution >= 0.6 is 11.3 Å². The largest absolute Gasteiger partial charge is 0.450 e. The molecule has 0 spiro atoms. The van der Waals surface area contributed by atoms with Crippen molar-refractivity contribution in [2.24, 2.45) is 0 Å². The minimum absolute atomic E-state index is 0.108. The number of nitrogens with one attached hydrogen (secondary N) is 2. The van der Waals surface area contributed by atoms with Crippen molar-refractivity contribution in [3.8, 4) is 11.1 Å². The smallest absolute Gasteiger partial charge is 0.413 e. The van der Waals surface area contributed by atoms with E-state index in [9.17, 15) is 9.59 Å². The van der Waals surface area contributed by atoms with Gasteiger partial charge in [-0.1, -0.05) is 36.7 Å². The zero-order valence-electron chi connectivity index (χ0n) is 18.3. The lowest BCUT2D eigenvalue weighted by molar-refractivity contribution is 0.168. The van der Waals surface area contributed by atoms with Gasteiger partial charge in [0.2, 0.25) is 0 Å². The predicted molar refractivity (Wildman–Crippen MR) is 130 cm³/mol. The fourth-order valence-corrected chi connectivity index (χ4v) is 5.14. The summed E-state index contributed by atoms with van der Waals surface area (Å²) in [5, 5.41) is 6.31. The van der Waals surface area contributed by atoms with E-state index in [0.717, 1.165) is 45.2 Å². The Labute approximate surface area is 195 Å². The molecule has 0 atom stereocenters. The molecule has 5 rings (SSSR count). The number of benzene rings is 1. The van der Waals surface area contributed by atoms with E-state index in [0.29, 0.717) is 11.7 Å². The maximum absolute atomic E-state index is 12.9. The van der Waals surface area contributed by atoms with Gasteiger partial charge < -0.3 is 10.1 Å². The van der Waals surface area contributed by atoms with Gasteiger partial charge in [-0.15, -0.1) is 0 Å². The summed E-state index contributed by atoms with van der Waals surface area (Å²) in [6, 6.07) is 9.88. The normalized spacial score (nSPS) is 14.5. The Bertz CT molecular complexity index is 1320. The van der Waals surface area contributed by atoms with E-state index in [1.807, 2.05) is 36.5 Å². The minimum atomic E-state index is -0.515. The molecule has 0 bridgehead atoms. The number of pyridine rings is 1. The first-order valence-electron chi connectivity index (χ1n) is 11.2. The maximum Gasteiger partial charge on any atom is 0.413 e. The lowest BCUT2D eigenvalue weighted by Gasteiger charge is -2.22. The van der Waals surface area contributed by atoms with Gasteiger partial charge in [0.1, 0.15) is 0 Å². The average molecular weight is 464 g/mol. The molecule has 1 saturated carbocycles. The van der Waals surface area contributed by atoms with E-state index in [2.05, 4.69) is 20.6 Å². The molecule has 3 aromatic heterocycles. The van der Waals surface area contributed by atoms with E-state index in [-0.39, 0.29) is 12.1 Å². The minimum Gasteiger partial charge on any atom is -0.450 e. The van der Waals surface area contributed by atoms with E-state index < -0.39 is 6.09 Å². The van der Waals surface area contributed by atoms with Crippen molar-refractivity contribution in [1.29, 1.82) is 0 Å². The quantitative estimate of drug-likeness (QED) is 0.400. The fourth-order valence-electron chi connectivity index (χ4n) is 4.25. The van der Waals surface area contributed by atoms with Crippen LogP contribution in [-0.4, -0.2) is 39.3 Å². The van der Waals surface area contributed by atoms with Gasteiger partial charge in [0.25, 0.3) is 0 Å². The number of hydrogen-bond donors (Lipinski definition) is 2. The molecule has 2 N–H and O–H groups in total. The highest BCUT2D eigenvalue weighted by molar-refractivity contribution is 7.22. The Kier molecular flexibility index (Phi) is 5.95. The third-order valence-corrected chi connectivity index (χ3v) is 6.83. The number of fused-ring (bicyclic) bond motifs is 2. The highest BCUT2D eigenvalue weighted by Gasteiger charge is 2.18. The van der Waals surface area contributed by atoms with Crippen molar-refractivity contribution in [2.45, 2.75) is 45.1 Å². The Hall–Kier alpha value is -3.46. The molecule has 1 aliphatic rings. The molecule has 1 fully saturated rings. The average Bonchev–Trinajstić information content (AvgIpc) is 3.42. The first-order valence-corrected chi connectivity index (χ1v) is 12.0. The van der Waals surface area contributed by atoms with Crippen LogP contribution in [0.2, 0.25) is 0 Å². The molecule has 1 aliphatic carbocycles. The Morgan fingerprint density at radius 1 is 1.12 bits per heavy atom. The second-order valence-electron chi connectivity index (χ2n) is 8.15. The zero-order chi connectivity index (χ0) is 22.8. The van der Waals surface area contributed by atoms with Crippen molar-refractivity contribution < 1.29 is 14.3 Å². The number of hydrogen-bond acceptors (Lipinski definition) is 6. The molecule has 2 amide bonds. The number of amides is 2. The van der Waals surface area contributed by atoms with Gasteiger partial charge in [-0.05, 0) is 49.6 Å². The summed E-state index contributed by atoms with van der Waals surface area (Å²) in [5.41, 5.74) is 4.21. The summed E-state index contributed by atoms with van der Waals surface area (Å²) >= 11 is 1.38. The molecule has 1 aromatic carbocycles. The maximum atomic E-state index is 12.9. The third-order valence-electron chi connectivity index (χ3n) is 5.90. The number of anilines is 1. The lowest BCUT2D eigenvalue weighted by Crippen LogP contribution is -2.38. The Morgan fingerprint density at radius 2 is 1.97 bits per heavy atom. The number of aromatic nitrogens is 3. The zero-order valence-corrected chi connectivity index (χ0v) is 19.2. The van der Waals surface area contributed by atoms with Crippen molar-refractivity contribution in [3.63, 3.8) is 0 Å². The fraction of sp³-hybridized carbons (Fsp3) is 0.333. The summed E-state index contributed by atoms with van der Waals surface area (Å²) in [6.45, 7) is 2.06. The molecule has 3 heterocycles. The topological polar surface area (TPSA) is 98.1 Å². The van der Waals surface area contributed by atoms with Gasteiger partial charge in [-0.3, -0.25) is 14.9 Å². The van der Waals surface area contributed by atoms with Gasteiger partial charge in [0.15, 0.2) is 5.13 Å². The molecule has 0 unspecified atom stereocenters. The monoisotopic (exact) mass is 463 g/mol. The van der Waals surface area contributed by atoms with Crippen LogP contribution in [0.1, 0.15) is 39.0 Å². The molecule has 0 saturated heterocycles. The van der Waals surface area contributed by atoms with Crippen LogP contribution in [0.4, 0.5) is 14.7 Å². The van der Waals surface area contributed by atoms with Crippen LogP contribution in [-0.2, 0) is 4.74 Å². The number of nitrogens with zero attached hydrogens (tertiary/aromatic N) is 3. The molecular weight excluding hydrogens is 438 g/mol. The standard InChI is InChI=1S/C24H25N5O3S/c1-2-32-24(31)28-22-27-19-9-8-15(13-21(19)33-22)16-12-20-18(25-14-16)10-11-29(20)23(30)26-17-6-4-3-5-7-17/h8-14,17H,2-7H2,1H3,(H,26,30)(H,27,28,31). The SMILES string of the molecule is CCOC(=O)Nc1nc2ccc(-c3cnc4ccn(C(=O)NC5CCCCC5)c4c3)cc2s1. The van der Waals surface area contributed by atoms with Crippen molar-refractivity contribution in [1.82, 2.24) is 19.9 Å². The summed E-state index contributed by atoms with van der Waals surface area (Å²) in [6.07, 6.45) is 8.73. The summed E-state index contributed by atoms with van der Waals surface area (Å²) in [4.78, 5) is 33.6. The van der Waals surface area contributed by atoms with Crippen LogP contribution in [0, 0.1) is 0 Å². The molecule has 9 heteroatoms. The van der Waals surface area contributed by atoms with E-state index in [4.69, 9.17) is 4.74 Å². The second-order valence-corrected chi connectivity index (χ2v) is 9.18. The van der Waals surface area contributed by atoms with Gasteiger partial charge >= 0.3 is 12.1 Å². The van der Waals surface area contributed by atoms with Crippen LogP contribution in [0.25, 0.3) is 32.4 Å². The van der Waals surface area contributed by atoms with Gasteiger partial charge in [0, 0.05) is 24.0 Å². The number of ether oxygens (including phenoxy) is 1. The molecule has 0 aliphatic heterocycles. The van der Waals surface area contributed by atoms with Crippen LogP contribution in [0.15, 0.2) is 42.7 Å². The van der Waals surface area contributed by atoms with Crippen LogP contribution < -0.4 is 10.6 Å². The lowest BCUT2D eigenvalue weighted by atomic mass is 9.96. The van der Waals surface area contributed by atoms with E-state index in [1.165, 1.54) is 30.6 Å². The van der Waals surface area contributed by atoms with Gasteiger partial charge in [-0.2, -0.15) is 0 Å². The third kappa shape index (κ3) is 4.54. The molecule has 0 radical (unpaired) electrons. The summed E-state index contributed by atoms with van der Waals surface area (Å²) < 4.78 is 7.50. The number of thiazole rings is 1. The highest BCUT2D eigenvalue weighted by Crippen LogP contribution is 2.31. The molecule has 170 valence electrons. The van der Waals surface area contributed by atoms with Crippen molar-refractivity contribution >= 4 is 49.8 Å². The first-order chi connectivity index (χ1) is 16.1. The Balaban J connectivity index is 1.41. The van der Waals surface area contributed by atoms with Crippen molar-refractivity contribution in [3.05, 3.63) is 42.7 Å². The number of rotatable bonds is 4. The van der Waals surface area contributed by atoms with Crippen LogP contribution in [0.5, 0.6) is 0 Å². The van der Waals surface area contributed by atoms with E-state index in [1.54, 1.807) is 17.7 Å². The summed E-state index contributed by atoms with van der Waals surface area (Å²) in [5.74, 6) is 0. The van der Waals surface area contributed by atoms with Crippen LogP contribution in [0.3, 0.4) is 0 Å². The summed E-state index contributed by atoms with van der Waals surface area (Å²) in [7, 11) is 0. The van der Waals surface area contributed by atoms with Gasteiger partial charge in [-0.25, -0.2) is 14.6 Å². The molecule has 33 heavy (non-hydrogen) atoms. The second kappa shape index (κ2) is 9.19. The number of carbonyl (C=O) groups excluding carboxylic acids is 2. The highest BCUT2D eigenvalue weighted by atomic mass is 32.1. The number of carbonyl (C=O) groups is 2. The first kappa shape index (κ1) is 21.4. The van der Waals surface area contributed by atoms with Gasteiger partial charge in [0.05, 0.1) is 27.9 Å². The molecular formula is C24H25N5O3S. The van der Waals surface area contributed by atoms with Crippen molar-refractivity contribution in [2.75, 3.05) is 11.9 Å². The van der Waals surface area contributed by atoms with E-state index >= 15 is 0 Å². The molecule has 4 aromatic rings. The molecule has 8 nitrogen and oxygen atoms in total. The predicted octanol–water partition coefficient (Wildman–Crippen LogP) is 5.77. The Morgan fingerprint density at radius 3 is 2.79 bits per heavy atom.